The van der Waals surface area contributed by atoms with Crippen LogP contribution in [0.2, 0.25) is 5.02 Å². The van der Waals surface area contributed by atoms with E-state index < -0.39 is 6.17 Å². The molecule has 36 heavy (non-hydrogen) atoms. The zero-order valence-corrected chi connectivity index (χ0v) is 22.2. The van der Waals surface area contributed by atoms with Crippen molar-refractivity contribution in [1.29, 1.82) is 0 Å². The summed E-state index contributed by atoms with van der Waals surface area (Å²) in [7, 11) is 3.84. The number of alkyl halides is 1. The Labute approximate surface area is 216 Å². The predicted octanol–water partition coefficient (Wildman–Crippen LogP) is 4.82. The smallest absolute Gasteiger partial charge is 0.163 e. The van der Waals surface area contributed by atoms with Gasteiger partial charge < -0.3 is 24.8 Å². The molecular formula is C26H34ClFN6O2. The second-order valence-corrected chi connectivity index (χ2v) is 9.74. The van der Waals surface area contributed by atoms with Crippen molar-refractivity contribution in [2.75, 3.05) is 45.7 Å². The van der Waals surface area contributed by atoms with Crippen LogP contribution in [0.4, 0.5) is 10.2 Å². The van der Waals surface area contributed by atoms with Gasteiger partial charge in [0.25, 0.3) is 0 Å². The Morgan fingerprint density at radius 3 is 2.75 bits per heavy atom. The van der Waals surface area contributed by atoms with Crippen LogP contribution in [0, 0.1) is 20.8 Å². The molecule has 0 aliphatic carbocycles. The molecular weight excluding hydrogens is 483 g/mol. The van der Waals surface area contributed by atoms with Gasteiger partial charge in [-0.05, 0) is 72.5 Å². The van der Waals surface area contributed by atoms with Crippen LogP contribution in [0.15, 0.2) is 22.7 Å². The summed E-state index contributed by atoms with van der Waals surface area (Å²) in [6, 6.07) is 5.11. The van der Waals surface area contributed by atoms with E-state index >= 15 is 0 Å². The minimum Gasteiger partial charge on any atom is -0.494 e. The molecule has 1 saturated heterocycles. The third kappa shape index (κ3) is 5.79. The number of nitrogens with one attached hydrogen (secondary N) is 2. The fourth-order valence-corrected chi connectivity index (χ4v) is 4.64. The Balaban J connectivity index is 1.76. The Morgan fingerprint density at radius 1 is 1.25 bits per heavy atom. The number of benzene rings is 1. The highest BCUT2D eigenvalue weighted by molar-refractivity contribution is 6.33. The molecule has 3 heterocycles. The van der Waals surface area contributed by atoms with Gasteiger partial charge >= 0.3 is 0 Å². The largest absolute Gasteiger partial charge is 0.494 e. The molecule has 0 bridgehead atoms. The van der Waals surface area contributed by atoms with Crippen LogP contribution in [-0.2, 0) is 0 Å². The van der Waals surface area contributed by atoms with E-state index in [2.05, 4.69) is 15.8 Å². The fraction of sp³-hybridized carbons (Fsp3) is 0.500. The van der Waals surface area contributed by atoms with Crippen LogP contribution in [0.3, 0.4) is 0 Å². The number of ether oxygens (including phenoxy) is 1. The first-order chi connectivity index (χ1) is 17.3. The molecule has 0 spiro atoms. The Bertz CT molecular complexity index is 1180. The first-order valence-electron chi connectivity index (χ1n) is 12.3. The molecule has 8 nitrogen and oxygen atoms in total. The van der Waals surface area contributed by atoms with Gasteiger partial charge in [-0.3, -0.25) is 0 Å². The normalized spacial score (nSPS) is 18.4. The highest BCUT2D eigenvalue weighted by atomic mass is 35.5. The van der Waals surface area contributed by atoms with Crippen molar-refractivity contribution >= 4 is 17.4 Å². The van der Waals surface area contributed by atoms with E-state index in [0.29, 0.717) is 59.0 Å². The molecule has 2 N–H and O–H groups in total. The predicted molar refractivity (Wildman–Crippen MR) is 141 cm³/mol. The quantitative estimate of drug-likeness (QED) is 0.391. The number of aryl methyl sites for hydroxylation is 2. The molecule has 1 fully saturated rings. The summed E-state index contributed by atoms with van der Waals surface area (Å²) in [6.07, 6.45) is 0.538. The maximum absolute atomic E-state index is 14.9. The van der Waals surface area contributed by atoms with Crippen molar-refractivity contribution in [3.63, 3.8) is 0 Å². The number of likely N-dealkylation sites (tertiary alicyclic amines) is 1. The number of hydrogen-bond donors (Lipinski definition) is 2. The van der Waals surface area contributed by atoms with E-state index in [0.717, 1.165) is 36.3 Å². The number of piperidine rings is 1. The van der Waals surface area contributed by atoms with E-state index in [-0.39, 0.29) is 6.04 Å². The third-order valence-corrected chi connectivity index (χ3v) is 6.83. The number of nitrogens with zero attached hydrogens (tertiary/aromatic N) is 4. The standard InChI is InChI=1S/C26H34ClFN6O2/c1-15-24(23-16(2)33-36-17(23)3)31-26(32-25(15)30-22-9-11-34(5)14-21(22)28)19-13-18(7-8-20(19)27)35-12-6-10-29-4/h7-8,13,21-22,29H,6,9-12,14H2,1-5H3,(H,30,31,32). The third-order valence-electron chi connectivity index (χ3n) is 6.50. The molecule has 1 aromatic carbocycles. The molecule has 0 radical (unpaired) electrons. The maximum atomic E-state index is 14.9. The van der Waals surface area contributed by atoms with Gasteiger partial charge in [0.2, 0.25) is 0 Å². The summed E-state index contributed by atoms with van der Waals surface area (Å²) >= 11 is 6.62. The SMILES string of the molecule is CNCCCOc1ccc(Cl)c(-c2nc(NC3CCN(C)CC3F)c(C)c(-c3c(C)noc3C)n2)c1. The monoisotopic (exact) mass is 516 g/mol. The first-order valence-corrected chi connectivity index (χ1v) is 12.6. The highest BCUT2D eigenvalue weighted by Crippen LogP contribution is 2.36. The van der Waals surface area contributed by atoms with E-state index in [9.17, 15) is 4.39 Å². The van der Waals surface area contributed by atoms with Gasteiger partial charge in [0, 0.05) is 24.2 Å². The molecule has 3 aromatic rings. The summed E-state index contributed by atoms with van der Waals surface area (Å²) in [6.45, 7) is 8.28. The number of aromatic nitrogens is 3. The van der Waals surface area contributed by atoms with Crippen LogP contribution in [0.5, 0.6) is 5.75 Å². The lowest BCUT2D eigenvalue weighted by Crippen LogP contribution is -2.46. The number of hydrogen-bond acceptors (Lipinski definition) is 8. The van der Waals surface area contributed by atoms with Crippen molar-refractivity contribution in [3.8, 4) is 28.4 Å². The molecule has 0 saturated carbocycles. The second-order valence-electron chi connectivity index (χ2n) is 9.33. The lowest BCUT2D eigenvalue weighted by Gasteiger charge is -2.33. The second kappa shape index (κ2) is 11.5. The zero-order valence-electron chi connectivity index (χ0n) is 21.5. The van der Waals surface area contributed by atoms with Gasteiger partial charge in [0.15, 0.2) is 5.82 Å². The van der Waals surface area contributed by atoms with Crippen LogP contribution in [-0.4, -0.2) is 72.6 Å². The van der Waals surface area contributed by atoms with E-state index in [1.54, 1.807) is 6.07 Å². The van der Waals surface area contributed by atoms with Crippen molar-refractivity contribution in [2.45, 2.75) is 45.8 Å². The highest BCUT2D eigenvalue weighted by Gasteiger charge is 2.29. The molecule has 1 aliphatic rings. The average molecular weight is 517 g/mol. The van der Waals surface area contributed by atoms with Gasteiger partial charge in [-0.15, -0.1) is 0 Å². The Kier molecular flexibility index (Phi) is 8.43. The molecule has 194 valence electrons. The van der Waals surface area contributed by atoms with Crippen molar-refractivity contribution in [2.24, 2.45) is 0 Å². The van der Waals surface area contributed by atoms with Gasteiger partial charge in [-0.25, -0.2) is 14.4 Å². The molecule has 1 aliphatic heterocycles. The summed E-state index contributed by atoms with van der Waals surface area (Å²) in [4.78, 5) is 11.7. The summed E-state index contributed by atoms with van der Waals surface area (Å²) in [5, 5.41) is 11.1. The lowest BCUT2D eigenvalue weighted by atomic mass is 10.0. The van der Waals surface area contributed by atoms with Gasteiger partial charge in [0.05, 0.1) is 34.6 Å². The van der Waals surface area contributed by atoms with Gasteiger partial charge in [0.1, 0.15) is 23.5 Å². The lowest BCUT2D eigenvalue weighted by molar-refractivity contribution is 0.149. The van der Waals surface area contributed by atoms with Crippen molar-refractivity contribution in [1.82, 2.24) is 25.3 Å². The number of anilines is 1. The molecule has 2 unspecified atom stereocenters. The van der Waals surface area contributed by atoms with Crippen LogP contribution < -0.4 is 15.4 Å². The molecule has 4 rings (SSSR count). The summed E-state index contributed by atoms with van der Waals surface area (Å²) in [5.41, 5.74) is 3.64. The summed E-state index contributed by atoms with van der Waals surface area (Å²) in [5.74, 6) is 2.33. The van der Waals surface area contributed by atoms with Crippen LogP contribution >= 0.6 is 11.6 Å². The summed E-state index contributed by atoms with van der Waals surface area (Å²) < 4.78 is 26.3. The zero-order chi connectivity index (χ0) is 25.8. The molecule has 10 heteroatoms. The van der Waals surface area contributed by atoms with E-state index in [1.165, 1.54) is 0 Å². The minimum atomic E-state index is -1.01. The van der Waals surface area contributed by atoms with Crippen molar-refractivity contribution in [3.05, 3.63) is 40.2 Å². The van der Waals surface area contributed by atoms with E-state index in [4.69, 9.17) is 30.8 Å². The number of halogens is 2. The maximum Gasteiger partial charge on any atom is 0.163 e. The Morgan fingerprint density at radius 2 is 2.06 bits per heavy atom. The number of rotatable bonds is 9. The minimum absolute atomic E-state index is 0.350. The van der Waals surface area contributed by atoms with Gasteiger partial charge in [-0.1, -0.05) is 16.8 Å². The molecule has 0 amide bonds. The fourth-order valence-electron chi connectivity index (χ4n) is 4.44. The first kappa shape index (κ1) is 26.3. The van der Waals surface area contributed by atoms with Crippen LogP contribution in [0.25, 0.3) is 22.6 Å². The molecule has 2 aromatic heterocycles. The Hall–Kier alpha value is -2.75. The van der Waals surface area contributed by atoms with Crippen LogP contribution in [0.1, 0.15) is 29.9 Å². The van der Waals surface area contributed by atoms with Crippen molar-refractivity contribution < 1.29 is 13.7 Å². The average Bonchev–Trinajstić information content (AvgIpc) is 3.18. The van der Waals surface area contributed by atoms with Gasteiger partial charge in [-0.2, -0.15) is 0 Å². The topological polar surface area (TPSA) is 88.3 Å². The van der Waals surface area contributed by atoms with E-state index in [1.807, 2.05) is 51.9 Å². The molecule has 2 atom stereocenters.